The molecule has 2 heterocycles. The number of aliphatic carboxylic acids is 2. The van der Waals surface area contributed by atoms with E-state index in [1.807, 2.05) is 18.3 Å². The summed E-state index contributed by atoms with van der Waals surface area (Å²) in [4.78, 5) is 23.8. The first-order valence-electron chi connectivity index (χ1n) is 7.87. The number of hydrogen-bond donors (Lipinski definition) is 3. The van der Waals surface area contributed by atoms with Gasteiger partial charge in [0, 0.05) is 49.8 Å². The summed E-state index contributed by atoms with van der Waals surface area (Å²) in [6, 6.07) is 8.25. The Bertz CT molecular complexity index is 872. The minimum atomic E-state index is -3.05. The van der Waals surface area contributed by atoms with Crippen molar-refractivity contribution in [2.24, 2.45) is 0 Å². The van der Waals surface area contributed by atoms with Crippen LogP contribution < -0.4 is 0 Å². The van der Waals surface area contributed by atoms with Crippen molar-refractivity contribution in [1.82, 2.24) is 14.2 Å². The second-order valence-electron chi connectivity index (χ2n) is 5.91. The molecule has 142 valence electrons. The Morgan fingerprint density at radius 3 is 2.19 bits per heavy atom. The van der Waals surface area contributed by atoms with E-state index in [1.54, 1.807) is 4.31 Å². The topological polar surface area (TPSA) is 131 Å². The van der Waals surface area contributed by atoms with Gasteiger partial charge in [-0.15, -0.1) is 0 Å². The van der Waals surface area contributed by atoms with Gasteiger partial charge in [0.05, 0.1) is 6.26 Å². The van der Waals surface area contributed by atoms with E-state index in [0.29, 0.717) is 13.1 Å². The minimum absolute atomic E-state index is 0.585. The van der Waals surface area contributed by atoms with Gasteiger partial charge in [0.2, 0.25) is 10.0 Å². The zero-order valence-corrected chi connectivity index (χ0v) is 15.1. The molecular formula is C16H21N3O6S. The first-order chi connectivity index (χ1) is 12.2. The molecule has 3 N–H and O–H groups in total. The molecule has 0 saturated carbocycles. The Morgan fingerprint density at radius 1 is 1.08 bits per heavy atom. The fourth-order valence-corrected chi connectivity index (χ4v) is 3.55. The van der Waals surface area contributed by atoms with Gasteiger partial charge in [0.1, 0.15) is 0 Å². The SMILES string of the molecule is CS(=O)(=O)N1CCN(Cc2c[nH]c3ccccc23)CC1.O=C(O)C(=O)O. The van der Waals surface area contributed by atoms with Crippen LogP contribution in [0.2, 0.25) is 0 Å². The maximum absolute atomic E-state index is 11.5. The molecule has 0 amide bonds. The van der Waals surface area contributed by atoms with Crippen LogP contribution in [0, 0.1) is 0 Å². The van der Waals surface area contributed by atoms with Gasteiger partial charge in [-0.2, -0.15) is 4.31 Å². The molecule has 2 aromatic rings. The van der Waals surface area contributed by atoms with E-state index in [1.165, 1.54) is 17.2 Å². The summed E-state index contributed by atoms with van der Waals surface area (Å²) in [7, 11) is -3.05. The van der Waals surface area contributed by atoms with Crippen LogP contribution in [-0.2, 0) is 26.2 Å². The number of aromatic amines is 1. The Morgan fingerprint density at radius 2 is 1.65 bits per heavy atom. The van der Waals surface area contributed by atoms with E-state index in [9.17, 15) is 8.42 Å². The molecular weight excluding hydrogens is 362 g/mol. The molecule has 9 nitrogen and oxygen atoms in total. The van der Waals surface area contributed by atoms with Gasteiger partial charge in [0.15, 0.2) is 0 Å². The third-order valence-corrected chi connectivity index (χ3v) is 5.36. The highest BCUT2D eigenvalue weighted by molar-refractivity contribution is 7.88. The lowest BCUT2D eigenvalue weighted by atomic mass is 10.1. The highest BCUT2D eigenvalue weighted by atomic mass is 32.2. The molecule has 1 aromatic heterocycles. The number of hydrogen-bond acceptors (Lipinski definition) is 5. The lowest BCUT2D eigenvalue weighted by Gasteiger charge is -2.33. The number of aromatic nitrogens is 1. The Kier molecular flexibility index (Phi) is 6.35. The number of carboxylic acid groups (broad SMARTS) is 2. The van der Waals surface area contributed by atoms with Gasteiger partial charge < -0.3 is 15.2 Å². The highest BCUT2D eigenvalue weighted by Crippen LogP contribution is 2.20. The zero-order chi connectivity index (χ0) is 19.3. The second kappa shape index (κ2) is 8.30. The fraction of sp³-hybridized carbons (Fsp3) is 0.375. The number of nitrogens with zero attached hydrogens (tertiary/aromatic N) is 2. The number of para-hydroxylation sites is 1. The van der Waals surface area contributed by atoms with Crippen molar-refractivity contribution in [3.05, 3.63) is 36.0 Å². The molecule has 1 aliphatic rings. The van der Waals surface area contributed by atoms with Gasteiger partial charge in [-0.1, -0.05) is 18.2 Å². The predicted octanol–water partition coefficient (Wildman–Crippen LogP) is 0.401. The summed E-state index contributed by atoms with van der Waals surface area (Å²) in [6.07, 6.45) is 3.33. The van der Waals surface area contributed by atoms with Gasteiger partial charge in [0.25, 0.3) is 0 Å². The molecule has 1 saturated heterocycles. The van der Waals surface area contributed by atoms with Gasteiger partial charge in [-0.3, -0.25) is 4.90 Å². The molecule has 0 atom stereocenters. The molecule has 10 heteroatoms. The smallest absolute Gasteiger partial charge is 0.414 e. The maximum atomic E-state index is 11.5. The number of carbonyl (C=O) groups is 2. The number of fused-ring (bicyclic) bond motifs is 1. The number of rotatable bonds is 3. The van der Waals surface area contributed by atoms with E-state index in [4.69, 9.17) is 19.8 Å². The second-order valence-corrected chi connectivity index (χ2v) is 7.89. The molecule has 0 bridgehead atoms. The molecule has 26 heavy (non-hydrogen) atoms. The zero-order valence-electron chi connectivity index (χ0n) is 14.3. The summed E-state index contributed by atoms with van der Waals surface area (Å²) in [5.74, 6) is -3.65. The standard InChI is InChI=1S/C14H19N3O2S.C2H2O4/c1-20(18,19)17-8-6-16(7-9-17)11-12-10-15-14-5-3-2-4-13(12)14;3-1(4)2(5)6/h2-5,10,15H,6-9,11H2,1H3;(H,3,4)(H,5,6). The van der Waals surface area contributed by atoms with Crippen LogP contribution in [-0.4, -0.2) is 77.2 Å². The molecule has 3 rings (SSSR count). The summed E-state index contributed by atoms with van der Waals surface area (Å²) >= 11 is 0. The average Bonchev–Trinajstić information content (AvgIpc) is 2.98. The summed E-state index contributed by atoms with van der Waals surface area (Å²) in [6.45, 7) is 3.60. The van der Waals surface area contributed by atoms with Crippen LogP contribution in [0.3, 0.4) is 0 Å². The summed E-state index contributed by atoms with van der Waals surface area (Å²) in [5.41, 5.74) is 2.42. The van der Waals surface area contributed by atoms with Crippen LogP contribution in [0.1, 0.15) is 5.56 Å². The quantitative estimate of drug-likeness (QED) is 0.654. The van der Waals surface area contributed by atoms with Crippen molar-refractivity contribution in [3.63, 3.8) is 0 Å². The molecule has 0 aliphatic carbocycles. The van der Waals surface area contributed by atoms with Crippen molar-refractivity contribution < 1.29 is 28.2 Å². The highest BCUT2D eigenvalue weighted by Gasteiger charge is 2.23. The molecule has 0 spiro atoms. The monoisotopic (exact) mass is 383 g/mol. The van der Waals surface area contributed by atoms with Crippen molar-refractivity contribution in [2.45, 2.75) is 6.54 Å². The normalized spacial score (nSPS) is 16.0. The maximum Gasteiger partial charge on any atom is 0.414 e. The number of sulfonamides is 1. The van der Waals surface area contributed by atoms with Crippen molar-refractivity contribution in [2.75, 3.05) is 32.4 Å². The fourth-order valence-electron chi connectivity index (χ4n) is 2.72. The van der Waals surface area contributed by atoms with E-state index in [0.717, 1.165) is 25.2 Å². The molecule has 1 aromatic carbocycles. The largest absolute Gasteiger partial charge is 0.473 e. The molecule has 0 radical (unpaired) electrons. The number of piperazine rings is 1. The van der Waals surface area contributed by atoms with Crippen LogP contribution in [0.5, 0.6) is 0 Å². The van der Waals surface area contributed by atoms with Crippen LogP contribution >= 0.6 is 0 Å². The van der Waals surface area contributed by atoms with Crippen molar-refractivity contribution in [1.29, 1.82) is 0 Å². The van der Waals surface area contributed by atoms with E-state index in [-0.39, 0.29) is 0 Å². The molecule has 0 unspecified atom stereocenters. The minimum Gasteiger partial charge on any atom is -0.473 e. The first kappa shape index (κ1) is 19.9. The van der Waals surface area contributed by atoms with Gasteiger partial charge >= 0.3 is 11.9 Å². The van der Waals surface area contributed by atoms with E-state index >= 15 is 0 Å². The number of benzene rings is 1. The summed E-state index contributed by atoms with van der Waals surface area (Å²) in [5, 5.41) is 16.0. The van der Waals surface area contributed by atoms with Gasteiger partial charge in [-0.05, 0) is 11.6 Å². The van der Waals surface area contributed by atoms with Crippen molar-refractivity contribution in [3.8, 4) is 0 Å². The Hall–Kier alpha value is -2.43. The third kappa shape index (κ3) is 5.28. The lowest BCUT2D eigenvalue weighted by molar-refractivity contribution is -0.159. The Labute approximate surface area is 150 Å². The van der Waals surface area contributed by atoms with Crippen LogP contribution in [0.25, 0.3) is 10.9 Å². The molecule has 1 aliphatic heterocycles. The van der Waals surface area contributed by atoms with Crippen molar-refractivity contribution >= 4 is 32.9 Å². The summed E-state index contributed by atoms with van der Waals surface area (Å²) < 4.78 is 24.5. The number of carboxylic acids is 2. The third-order valence-electron chi connectivity index (χ3n) is 4.05. The van der Waals surface area contributed by atoms with E-state index in [2.05, 4.69) is 22.0 Å². The number of H-pyrrole nitrogens is 1. The Balaban J connectivity index is 0.000000352. The van der Waals surface area contributed by atoms with Crippen LogP contribution in [0.4, 0.5) is 0 Å². The number of nitrogens with one attached hydrogen (secondary N) is 1. The average molecular weight is 383 g/mol. The van der Waals surface area contributed by atoms with Crippen LogP contribution in [0.15, 0.2) is 30.5 Å². The van der Waals surface area contributed by atoms with E-state index < -0.39 is 22.0 Å². The first-order valence-corrected chi connectivity index (χ1v) is 9.72. The predicted molar refractivity (Wildman–Crippen MR) is 95.3 cm³/mol. The van der Waals surface area contributed by atoms with Gasteiger partial charge in [-0.25, -0.2) is 18.0 Å². The lowest BCUT2D eigenvalue weighted by Crippen LogP contribution is -2.47. The molecule has 1 fully saturated rings.